The highest BCUT2D eigenvalue weighted by atomic mass is 32.1. The summed E-state index contributed by atoms with van der Waals surface area (Å²) in [6.07, 6.45) is 0. The van der Waals surface area contributed by atoms with Crippen LogP contribution in [0.3, 0.4) is 0 Å². The van der Waals surface area contributed by atoms with Gasteiger partial charge in [0.25, 0.3) is 0 Å². The highest BCUT2D eigenvalue weighted by Gasteiger charge is 2.09. The molecule has 0 amide bonds. The van der Waals surface area contributed by atoms with Crippen LogP contribution >= 0.6 is 0 Å². The summed E-state index contributed by atoms with van der Waals surface area (Å²) < 4.78 is 11.6. The fourth-order valence-electron chi connectivity index (χ4n) is 2.26. The molecule has 0 unspecified atom stereocenters. The fourth-order valence-corrected chi connectivity index (χ4v) is 2.76. The minimum atomic E-state index is 0.558. The van der Waals surface area contributed by atoms with Gasteiger partial charge in [-0.3, -0.25) is 0 Å². The summed E-state index contributed by atoms with van der Waals surface area (Å²) in [7, 11) is 0. The Morgan fingerprint density at radius 3 is 2.21 bits per heavy atom. The molecule has 0 N–H and O–H groups in total. The molecule has 3 aromatic rings. The third-order valence-corrected chi connectivity index (χ3v) is 3.78. The topological polar surface area (TPSA) is 17.1 Å². The first-order chi connectivity index (χ1) is 9.40. The number of hydrogen-bond acceptors (Lipinski definition) is 1. The molecule has 2 heteroatoms. The zero-order chi connectivity index (χ0) is 13.1. The Labute approximate surface area is 115 Å². The number of rotatable bonds is 2. The highest BCUT2D eigenvalue weighted by molar-refractivity contribution is 7.67. The highest BCUT2D eigenvalue weighted by Crippen LogP contribution is 2.21. The van der Waals surface area contributed by atoms with Crippen molar-refractivity contribution < 1.29 is 4.21 Å². The van der Waals surface area contributed by atoms with Crippen molar-refractivity contribution in [3.05, 3.63) is 83.9 Å². The van der Waals surface area contributed by atoms with E-state index in [2.05, 4.69) is 18.2 Å². The van der Waals surface area contributed by atoms with E-state index in [1.165, 1.54) is 0 Å². The van der Waals surface area contributed by atoms with Gasteiger partial charge in [-0.25, -0.2) is 4.21 Å². The van der Waals surface area contributed by atoms with E-state index < -0.39 is 0 Å². The van der Waals surface area contributed by atoms with Crippen LogP contribution in [0.5, 0.6) is 0 Å². The van der Waals surface area contributed by atoms with Crippen molar-refractivity contribution in [2.45, 2.75) is 0 Å². The van der Waals surface area contributed by atoms with Gasteiger partial charge in [0.15, 0.2) is 0 Å². The van der Waals surface area contributed by atoms with E-state index in [0.29, 0.717) is 11.3 Å². The Kier molecular flexibility index (Phi) is 3.25. The first-order valence-corrected chi connectivity index (χ1v) is 6.84. The summed E-state index contributed by atoms with van der Waals surface area (Å²) in [5, 5.41) is 2.27. The SMILES string of the molecule is O=S=C(c1ccccc1)c1cccc2ccccc12. The lowest BCUT2D eigenvalue weighted by atomic mass is 9.98. The van der Waals surface area contributed by atoms with Crippen molar-refractivity contribution in [3.8, 4) is 0 Å². The smallest absolute Gasteiger partial charge is 0.0978 e. The molecule has 0 saturated heterocycles. The van der Waals surface area contributed by atoms with Gasteiger partial charge in [0.1, 0.15) is 0 Å². The van der Waals surface area contributed by atoms with E-state index >= 15 is 0 Å². The van der Waals surface area contributed by atoms with Gasteiger partial charge in [-0.1, -0.05) is 72.8 Å². The molecule has 0 radical (unpaired) electrons. The quantitative estimate of drug-likeness (QED) is 0.510. The molecule has 0 aliphatic rings. The summed E-state index contributed by atoms with van der Waals surface area (Å²) in [6.45, 7) is 0. The normalized spacial score (nSPS) is 10.3. The summed E-state index contributed by atoms with van der Waals surface area (Å²) in [4.78, 5) is 0.775. The van der Waals surface area contributed by atoms with Gasteiger partial charge in [-0.2, -0.15) is 0 Å². The molecule has 0 spiro atoms. The van der Waals surface area contributed by atoms with Gasteiger partial charge in [-0.15, -0.1) is 0 Å². The van der Waals surface area contributed by atoms with Gasteiger partial charge < -0.3 is 0 Å². The minimum absolute atomic E-state index is 0.558. The van der Waals surface area contributed by atoms with E-state index in [0.717, 1.165) is 26.8 Å². The molecule has 1 nitrogen and oxygen atoms in total. The van der Waals surface area contributed by atoms with Crippen LogP contribution in [0.1, 0.15) is 11.1 Å². The third kappa shape index (κ3) is 2.23. The molecular formula is C17H12OS. The van der Waals surface area contributed by atoms with E-state index in [-0.39, 0.29) is 0 Å². The van der Waals surface area contributed by atoms with Gasteiger partial charge in [0.05, 0.1) is 16.1 Å². The van der Waals surface area contributed by atoms with Crippen LogP contribution in [0, 0.1) is 0 Å². The Morgan fingerprint density at radius 2 is 1.42 bits per heavy atom. The molecule has 0 aliphatic heterocycles. The summed E-state index contributed by atoms with van der Waals surface area (Å²) >= 11 is 0.558. The van der Waals surface area contributed by atoms with Crippen molar-refractivity contribution in [1.82, 2.24) is 0 Å². The summed E-state index contributed by atoms with van der Waals surface area (Å²) in [5.41, 5.74) is 1.98. The Hall–Kier alpha value is -2.19. The van der Waals surface area contributed by atoms with Gasteiger partial charge in [0.2, 0.25) is 0 Å². The predicted molar refractivity (Wildman–Crippen MR) is 81.7 cm³/mol. The molecule has 0 aliphatic carbocycles. The molecule has 0 bridgehead atoms. The van der Waals surface area contributed by atoms with Crippen molar-refractivity contribution in [3.63, 3.8) is 0 Å². The molecule has 3 rings (SSSR count). The minimum Gasteiger partial charge on any atom is -0.212 e. The average molecular weight is 264 g/mol. The standard InChI is InChI=1S/C17H12OS/c18-19-17(14-8-2-1-3-9-14)16-12-6-10-13-7-4-5-11-15(13)16/h1-12H. The molecule has 0 aromatic heterocycles. The molecule has 0 saturated carbocycles. The van der Waals surface area contributed by atoms with Crippen LogP contribution in [0.4, 0.5) is 0 Å². The van der Waals surface area contributed by atoms with E-state index in [1.54, 1.807) is 0 Å². The van der Waals surface area contributed by atoms with Crippen LogP contribution in [0.25, 0.3) is 10.8 Å². The lowest BCUT2D eigenvalue weighted by Gasteiger charge is -2.07. The van der Waals surface area contributed by atoms with Crippen molar-refractivity contribution in [2.75, 3.05) is 0 Å². The average Bonchev–Trinajstić information content (AvgIpc) is 2.49. The lowest BCUT2D eigenvalue weighted by Crippen LogP contribution is -2.03. The first kappa shape index (κ1) is 11.9. The lowest BCUT2D eigenvalue weighted by molar-refractivity contribution is 0.701. The van der Waals surface area contributed by atoms with E-state index in [1.807, 2.05) is 54.6 Å². The zero-order valence-corrected chi connectivity index (χ0v) is 11.1. The van der Waals surface area contributed by atoms with Gasteiger partial charge in [0, 0.05) is 5.56 Å². The van der Waals surface area contributed by atoms with Gasteiger partial charge in [-0.05, 0) is 16.3 Å². The van der Waals surface area contributed by atoms with Gasteiger partial charge >= 0.3 is 0 Å². The van der Waals surface area contributed by atoms with E-state index in [9.17, 15) is 4.21 Å². The maximum Gasteiger partial charge on any atom is 0.0978 e. The molecule has 19 heavy (non-hydrogen) atoms. The predicted octanol–water partition coefficient (Wildman–Crippen LogP) is 3.62. The fraction of sp³-hybridized carbons (Fsp3) is 0. The number of benzene rings is 3. The molecule has 0 heterocycles. The summed E-state index contributed by atoms with van der Waals surface area (Å²) in [6, 6.07) is 24.0. The second-order valence-electron chi connectivity index (χ2n) is 4.31. The van der Waals surface area contributed by atoms with E-state index in [4.69, 9.17) is 0 Å². The second kappa shape index (κ2) is 5.21. The third-order valence-electron chi connectivity index (χ3n) is 3.15. The summed E-state index contributed by atoms with van der Waals surface area (Å²) in [5.74, 6) is 0. The van der Waals surface area contributed by atoms with Crippen LogP contribution in [0.2, 0.25) is 0 Å². The molecule has 3 aromatic carbocycles. The Balaban J connectivity index is 2.27. The number of fused-ring (bicyclic) bond motifs is 1. The Morgan fingerprint density at radius 1 is 0.737 bits per heavy atom. The maximum absolute atomic E-state index is 11.6. The first-order valence-electron chi connectivity index (χ1n) is 6.10. The van der Waals surface area contributed by atoms with Crippen molar-refractivity contribution in [2.24, 2.45) is 0 Å². The monoisotopic (exact) mass is 264 g/mol. The van der Waals surface area contributed by atoms with Crippen molar-refractivity contribution >= 4 is 26.9 Å². The maximum atomic E-state index is 11.6. The largest absolute Gasteiger partial charge is 0.212 e. The molecule has 0 fully saturated rings. The van der Waals surface area contributed by atoms with Crippen LogP contribution in [0.15, 0.2) is 72.8 Å². The van der Waals surface area contributed by atoms with Crippen LogP contribution in [-0.4, -0.2) is 9.07 Å². The van der Waals surface area contributed by atoms with Crippen LogP contribution < -0.4 is 0 Å². The van der Waals surface area contributed by atoms with Crippen LogP contribution in [-0.2, 0) is 11.3 Å². The second-order valence-corrected chi connectivity index (χ2v) is 4.88. The molecule has 92 valence electrons. The molecular weight excluding hydrogens is 252 g/mol. The van der Waals surface area contributed by atoms with Crippen molar-refractivity contribution in [1.29, 1.82) is 0 Å². The number of hydrogen-bond donors (Lipinski definition) is 0. The zero-order valence-electron chi connectivity index (χ0n) is 10.2. The Bertz CT molecular complexity index is 766. The molecule has 0 atom stereocenters.